The SMILES string of the molecule is O=C(Nc1ccc(F)c(F)c1)c1cccc(C(=O)NC2CCCCCC2)n1. The molecule has 1 aromatic carbocycles. The zero-order valence-corrected chi connectivity index (χ0v) is 14.8. The van der Waals surface area contributed by atoms with Gasteiger partial charge in [0.05, 0.1) is 0 Å². The summed E-state index contributed by atoms with van der Waals surface area (Å²) < 4.78 is 26.2. The summed E-state index contributed by atoms with van der Waals surface area (Å²) in [5.41, 5.74) is 0.277. The molecule has 27 heavy (non-hydrogen) atoms. The molecule has 0 spiro atoms. The summed E-state index contributed by atoms with van der Waals surface area (Å²) in [5.74, 6) is -2.98. The number of carbonyl (C=O) groups is 2. The van der Waals surface area contributed by atoms with E-state index in [0.29, 0.717) is 0 Å². The highest BCUT2D eigenvalue weighted by atomic mass is 19.2. The minimum Gasteiger partial charge on any atom is -0.348 e. The van der Waals surface area contributed by atoms with Crippen LogP contribution < -0.4 is 10.6 Å². The number of carbonyl (C=O) groups excluding carboxylic acids is 2. The van der Waals surface area contributed by atoms with E-state index in [9.17, 15) is 18.4 Å². The van der Waals surface area contributed by atoms with Crippen LogP contribution in [0.3, 0.4) is 0 Å². The number of halogens is 2. The van der Waals surface area contributed by atoms with Crippen LogP contribution in [-0.4, -0.2) is 22.8 Å². The fourth-order valence-electron chi connectivity index (χ4n) is 3.14. The van der Waals surface area contributed by atoms with E-state index in [-0.39, 0.29) is 29.0 Å². The number of nitrogens with zero attached hydrogens (tertiary/aromatic N) is 1. The first-order valence-electron chi connectivity index (χ1n) is 9.07. The Morgan fingerprint density at radius 3 is 2.22 bits per heavy atom. The summed E-state index contributed by atoms with van der Waals surface area (Å²) in [7, 11) is 0. The lowest BCUT2D eigenvalue weighted by atomic mass is 10.1. The predicted molar refractivity (Wildman–Crippen MR) is 97.5 cm³/mol. The highest BCUT2D eigenvalue weighted by Crippen LogP contribution is 2.18. The first-order valence-corrected chi connectivity index (χ1v) is 9.07. The van der Waals surface area contributed by atoms with Gasteiger partial charge in [-0.2, -0.15) is 0 Å². The molecule has 3 rings (SSSR count). The Balaban J connectivity index is 1.67. The molecule has 1 heterocycles. The van der Waals surface area contributed by atoms with Gasteiger partial charge in [0.2, 0.25) is 0 Å². The standard InChI is InChI=1S/C20H21F2N3O2/c21-15-11-10-14(12-16(15)22)24-20(27)18-9-5-8-17(25-18)19(26)23-13-6-3-1-2-4-7-13/h5,8-13H,1-4,6-7H2,(H,23,26)(H,24,27). The molecule has 0 aliphatic heterocycles. The molecule has 2 aromatic rings. The van der Waals surface area contributed by atoms with Crippen LogP contribution in [0.25, 0.3) is 0 Å². The molecular weight excluding hydrogens is 352 g/mol. The van der Waals surface area contributed by atoms with E-state index in [1.807, 2.05) is 0 Å². The van der Waals surface area contributed by atoms with Crippen LogP contribution >= 0.6 is 0 Å². The van der Waals surface area contributed by atoms with E-state index >= 15 is 0 Å². The Kier molecular flexibility index (Phi) is 6.11. The van der Waals surface area contributed by atoms with Gasteiger partial charge in [-0.05, 0) is 37.1 Å². The summed E-state index contributed by atoms with van der Waals surface area (Å²) in [6, 6.07) is 7.75. The number of anilines is 1. The third kappa shape index (κ3) is 5.09. The maximum absolute atomic E-state index is 13.3. The fourth-order valence-corrected chi connectivity index (χ4v) is 3.14. The highest BCUT2D eigenvalue weighted by molar-refractivity contribution is 6.03. The first-order chi connectivity index (χ1) is 13.0. The molecule has 2 N–H and O–H groups in total. The van der Waals surface area contributed by atoms with Crippen molar-refractivity contribution >= 4 is 17.5 Å². The Morgan fingerprint density at radius 1 is 0.889 bits per heavy atom. The van der Waals surface area contributed by atoms with Gasteiger partial charge in [0, 0.05) is 17.8 Å². The van der Waals surface area contributed by atoms with E-state index in [1.165, 1.54) is 25.0 Å². The first kappa shape index (κ1) is 18.9. The predicted octanol–water partition coefficient (Wildman–Crippen LogP) is 4.06. The number of pyridine rings is 1. The van der Waals surface area contributed by atoms with Crippen molar-refractivity contribution in [1.82, 2.24) is 10.3 Å². The number of aromatic nitrogens is 1. The van der Waals surface area contributed by atoms with Crippen molar-refractivity contribution in [3.05, 3.63) is 59.4 Å². The van der Waals surface area contributed by atoms with E-state index in [0.717, 1.165) is 37.8 Å². The number of benzene rings is 1. The molecule has 1 aliphatic rings. The largest absolute Gasteiger partial charge is 0.348 e. The van der Waals surface area contributed by atoms with Gasteiger partial charge in [0.25, 0.3) is 11.8 Å². The Labute approximate surface area is 156 Å². The van der Waals surface area contributed by atoms with Crippen LogP contribution in [0.5, 0.6) is 0 Å². The van der Waals surface area contributed by atoms with E-state index in [4.69, 9.17) is 0 Å². The van der Waals surface area contributed by atoms with E-state index < -0.39 is 17.5 Å². The number of nitrogens with one attached hydrogen (secondary N) is 2. The number of hydrogen-bond acceptors (Lipinski definition) is 3. The Bertz CT molecular complexity index is 834. The summed E-state index contributed by atoms with van der Waals surface area (Å²) >= 11 is 0. The number of hydrogen-bond donors (Lipinski definition) is 2. The van der Waals surface area contributed by atoms with Crippen LogP contribution in [0.4, 0.5) is 14.5 Å². The summed E-state index contributed by atoms with van der Waals surface area (Å²) in [4.78, 5) is 28.8. The second-order valence-corrected chi connectivity index (χ2v) is 6.65. The van der Waals surface area contributed by atoms with Crippen molar-refractivity contribution in [2.24, 2.45) is 0 Å². The van der Waals surface area contributed by atoms with Crippen molar-refractivity contribution in [3.8, 4) is 0 Å². The lowest BCUT2D eigenvalue weighted by molar-refractivity contribution is 0.0928. The van der Waals surface area contributed by atoms with Gasteiger partial charge >= 0.3 is 0 Å². The fraction of sp³-hybridized carbons (Fsp3) is 0.350. The zero-order valence-electron chi connectivity index (χ0n) is 14.8. The lowest BCUT2D eigenvalue weighted by Gasteiger charge is -2.16. The average Bonchev–Trinajstić information content (AvgIpc) is 2.93. The molecular formula is C20H21F2N3O2. The van der Waals surface area contributed by atoms with Gasteiger partial charge in [0.15, 0.2) is 11.6 Å². The van der Waals surface area contributed by atoms with Crippen LogP contribution in [0, 0.1) is 11.6 Å². The molecule has 7 heteroatoms. The van der Waals surface area contributed by atoms with Crippen molar-refractivity contribution in [2.75, 3.05) is 5.32 Å². The lowest BCUT2D eigenvalue weighted by Crippen LogP contribution is -2.35. The van der Waals surface area contributed by atoms with E-state index in [1.54, 1.807) is 12.1 Å². The average molecular weight is 373 g/mol. The molecule has 1 saturated carbocycles. The normalized spacial score (nSPS) is 15.0. The molecule has 2 amide bonds. The van der Waals surface area contributed by atoms with Gasteiger partial charge in [-0.1, -0.05) is 31.7 Å². The third-order valence-corrected chi connectivity index (χ3v) is 4.58. The molecule has 0 bridgehead atoms. The quantitative estimate of drug-likeness (QED) is 0.794. The molecule has 5 nitrogen and oxygen atoms in total. The van der Waals surface area contributed by atoms with Crippen molar-refractivity contribution in [3.63, 3.8) is 0 Å². The molecule has 142 valence electrons. The van der Waals surface area contributed by atoms with Crippen molar-refractivity contribution in [1.29, 1.82) is 0 Å². The summed E-state index contributed by atoms with van der Waals surface area (Å²) in [5, 5.41) is 5.42. The Morgan fingerprint density at radius 2 is 1.56 bits per heavy atom. The molecule has 1 aromatic heterocycles. The Hall–Kier alpha value is -2.83. The molecule has 0 atom stereocenters. The van der Waals surface area contributed by atoms with Crippen LogP contribution in [0.1, 0.15) is 59.5 Å². The monoisotopic (exact) mass is 373 g/mol. The number of amides is 2. The third-order valence-electron chi connectivity index (χ3n) is 4.58. The van der Waals surface area contributed by atoms with Gasteiger partial charge in [-0.3, -0.25) is 9.59 Å². The minimum atomic E-state index is -1.06. The highest BCUT2D eigenvalue weighted by Gasteiger charge is 2.18. The maximum atomic E-state index is 13.3. The molecule has 1 aliphatic carbocycles. The van der Waals surface area contributed by atoms with Crippen molar-refractivity contribution < 1.29 is 18.4 Å². The van der Waals surface area contributed by atoms with Gasteiger partial charge < -0.3 is 10.6 Å². The van der Waals surface area contributed by atoms with E-state index in [2.05, 4.69) is 15.6 Å². The molecule has 0 unspecified atom stereocenters. The number of rotatable bonds is 4. The maximum Gasteiger partial charge on any atom is 0.274 e. The van der Waals surface area contributed by atoms with Crippen LogP contribution in [-0.2, 0) is 0 Å². The van der Waals surface area contributed by atoms with Gasteiger partial charge in [-0.15, -0.1) is 0 Å². The zero-order chi connectivity index (χ0) is 19.2. The summed E-state index contributed by atoms with van der Waals surface area (Å²) in [6.07, 6.45) is 6.45. The minimum absolute atomic E-state index is 0.0215. The molecule has 0 saturated heterocycles. The molecule has 1 fully saturated rings. The van der Waals surface area contributed by atoms with Crippen molar-refractivity contribution in [2.45, 2.75) is 44.6 Å². The second-order valence-electron chi connectivity index (χ2n) is 6.65. The second kappa shape index (κ2) is 8.70. The molecule has 0 radical (unpaired) electrons. The topological polar surface area (TPSA) is 71.1 Å². The van der Waals surface area contributed by atoms with Crippen LogP contribution in [0.15, 0.2) is 36.4 Å². The van der Waals surface area contributed by atoms with Gasteiger partial charge in [-0.25, -0.2) is 13.8 Å². The summed E-state index contributed by atoms with van der Waals surface area (Å²) in [6.45, 7) is 0. The van der Waals surface area contributed by atoms with Crippen LogP contribution in [0.2, 0.25) is 0 Å². The smallest absolute Gasteiger partial charge is 0.274 e. The van der Waals surface area contributed by atoms with Gasteiger partial charge in [0.1, 0.15) is 11.4 Å².